The summed E-state index contributed by atoms with van der Waals surface area (Å²) in [4.78, 5) is 40.9. The highest BCUT2D eigenvalue weighted by Gasteiger charge is 2.50. The fourth-order valence-electron chi connectivity index (χ4n) is 3.66. The van der Waals surface area contributed by atoms with Crippen molar-refractivity contribution in [2.75, 3.05) is 18.9 Å². The zero-order chi connectivity index (χ0) is 24.9. The van der Waals surface area contributed by atoms with Crippen LogP contribution in [0.5, 0.6) is 0 Å². The molecule has 10 nitrogen and oxygen atoms in total. The first-order valence-corrected chi connectivity index (χ1v) is 10.7. The van der Waals surface area contributed by atoms with E-state index in [0.29, 0.717) is 5.56 Å². The lowest BCUT2D eigenvalue weighted by molar-refractivity contribution is -0.0574. The molecule has 0 saturated carbocycles. The van der Waals surface area contributed by atoms with Crippen LogP contribution < -0.4 is 11.5 Å². The smallest absolute Gasteiger partial charge is 0.338 e. The molecule has 11 heteroatoms. The Morgan fingerprint density at radius 2 is 1.60 bits per heavy atom. The summed E-state index contributed by atoms with van der Waals surface area (Å²) in [5.41, 5.74) is 11.7. The Kier molecular flexibility index (Phi) is 7.18. The van der Waals surface area contributed by atoms with Crippen LogP contribution in [-0.2, 0) is 14.2 Å². The molecule has 1 aliphatic rings. The number of anilines is 1. The molecule has 0 amide bonds. The summed E-state index contributed by atoms with van der Waals surface area (Å²) >= 11 is 0. The van der Waals surface area contributed by atoms with Crippen molar-refractivity contribution in [3.8, 4) is 0 Å². The van der Waals surface area contributed by atoms with Crippen LogP contribution in [0.4, 0.5) is 10.2 Å². The molecule has 3 aromatic rings. The summed E-state index contributed by atoms with van der Waals surface area (Å²) in [6.07, 6.45) is -4.77. The largest absolute Gasteiger partial charge is 0.459 e. The van der Waals surface area contributed by atoms with Gasteiger partial charge in [0.25, 0.3) is 0 Å². The van der Waals surface area contributed by atoms with Crippen molar-refractivity contribution in [2.24, 2.45) is 5.73 Å². The molecule has 182 valence electrons. The van der Waals surface area contributed by atoms with E-state index in [4.69, 9.17) is 25.7 Å². The van der Waals surface area contributed by atoms with Gasteiger partial charge in [0.2, 0.25) is 0 Å². The van der Waals surface area contributed by atoms with E-state index in [-0.39, 0.29) is 23.6 Å². The topological polar surface area (TPSA) is 149 Å². The third-order valence-corrected chi connectivity index (χ3v) is 5.46. The third-order valence-electron chi connectivity index (χ3n) is 5.46. The number of hydrogen-bond acceptors (Lipinski definition) is 9. The lowest BCUT2D eigenvalue weighted by atomic mass is 10.1. The number of rotatable bonds is 8. The standard InChI is InChI=1S/C24H23FN4O6/c25-18-20(35-24(32)15-9-5-2-6-10-15)17(12-33-23(31)14-7-3-1-4-8-14)34-22(18)29-13-28-19(21(29)27)16(30)11-26/h1-10,13,17-18,20,22H,11-12,26-27H2/t17-,18-,20-,22-/m1/s1. The third kappa shape index (κ3) is 5.05. The summed E-state index contributed by atoms with van der Waals surface area (Å²) < 4.78 is 33.3. The molecule has 4 N–H and O–H groups in total. The molecule has 2 aromatic carbocycles. The van der Waals surface area contributed by atoms with E-state index in [2.05, 4.69) is 4.98 Å². The molecule has 35 heavy (non-hydrogen) atoms. The van der Waals surface area contributed by atoms with E-state index in [0.717, 1.165) is 10.9 Å². The van der Waals surface area contributed by atoms with Crippen LogP contribution in [0.15, 0.2) is 67.0 Å². The van der Waals surface area contributed by atoms with Crippen LogP contribution in [0, 0.1) is 0 Å². The van der Waals surface area contributed by atoms with Gasteiger partial charge < -0.3 is 25.7 Å². The minimum Gasteiger partial charge on any atom is -0.459 e. The number of esters is 2. The summed E-state index contributed by atoms with van der Waals surface area (Å²) in [6.45, 7) is -0.734. The molecule has 1 saturated heterocycles. The van der Waals surface area contributed by atoms with E-state index >= 15 is 4.39 Å². The minimum atomic E-state index is -1.92. The number of nitrogens with zero attached hydrogens (tertiary/aromatic N) is 2. The van der Waals surface area contributed by atoms with E-state index < -0.39 is 48.9 Å². The Labute approximate surface area is 199 Å². The lowest BCUT2D eigenvalue weighted by Gasteiger charge is -2.19. The molecule has 0 bridgehead atoms. The number of nitrogens with two attached hydrogens (primary N) is 2. The predicted molar refractivity (Wildman–Crippen MR) is 121 cm³/mol. The van der Waals surface area contributed by atoms with Gasteiger partial charge >= 0.3 is 11.9 Å². The second-order valence-electron chi connectivity index (χ2n) is 7.72. The Hall–Kier alpha value is -4.09. The van der Waals surface area contributed by atoms with Gasteiger partial charge in [-0.15, -0.1) is 0 Å². The van der Waals surface area contributed by atoms with Crippen LogP contribution >= 0.6 is 0 Å². The number of aromatic nitrogens is 2. The van der Waals surface area contributed by atoms with Gasteiger partial charge in [0.15, 0.2) is 24.3 Å². The number of hydrogen-bond donors (Lipinski definition) is 2. The number of carbonyl (C=O) groups excluding carboxylic acids is 3. The van der Waals surface area contributed by atoms with Crippen molar-refractivity contribution in [3.05, 3.63) is 83.8 Å². The van der Waals surface area contributed by atoms with Gasteiger partial charge in [-0.1, -0.05) is 36.4 Å². The molecule has 1 aliphatic heterocycles. The molecular formula is C24H23FN4O6. The molecule has 0 aliphatic carbocycles. The highest BCUT2D eigenvalue weighted by Crippen LogP contribution is 2.36. The van der Waals surface area contributed by atoms with Crippen LogP contribution in [0.1, 0.15) is 37.4 Å². The first kappa shape index (κ1) is 24.0. The number of Topliss-reactive ketones (excluding diaryl/α,β-unsaturated/α-hetero) is 1. The van der Waals surface area contributed by atoms with Gasteiger partial charge in [-0.05, 0) is 24.3 Å². The number of carbonyl (C=O) groups is 3. The average Bonchev–Trinajstić information content (AvgIpc) is 3.42. The van der Waals surface area contributed by atoms with E-state index in [1.807, 2.05) is 0 Å². The Morgan fingerprint density at radius 3 is 2.20 bits per heavy atom. The number of nitrogen functional groups attached to an aromatic ring is 1. The van der Waals surface area contributed by atoms with Crippen LogP contribution in [0.3, 0.4) is 0 Å². The summed E-state index contributed by atoms with van der Waals surface area (Å²) in [5, 5.41) is 0. The Morgan fingerprint density at radius 1 is 1.00 bits per heavy atom. The molecule has 1 aromatic heterocycles. The first-order valence-electron chi connectivity index (χ1n) is 10.7. The molecule has 0 spiro atoms. The normalized spacial score (nSPS) is 21.4. The quantitative estimate of drug-likeness (QED) is 0.363. The highest BCUT2D eigenvalue weighted by molar-refractivity contribution is 5.99. The van der Waals surface area contributed by atoms with Crippen LogP contribution in [-0.4, -0.2) is 58.8 Å². The lowest BCUT2D eigenvalue weighted by Crippen LogP contribution is -2.37. The SMILES string of the molecule is NCC(=O)c1ncn([C@@H]2O[C@H](COC(=O)c3ccccc3)[C@@H](OC(=O)c3ccccc3)[C@H]2F)c1N. The van der Waals surface area contributed by atoms with Gasteiger partial charge in [0.05, 0.1) is 24.0 Å². The van der Waals surface area contributed by atoms with Crippen LogP contribution in [0.25, 0.3) is 0 Å². The Balaban J connectivity index is 1.56. The fourth-order valence-corrected chi connectivity index (χ4v) is 3.66. The van der Waals surface area contributed by atoms with E-state index in [1.54, 1.807) is 48.5 Å². The van der Waals surface area contributed by atoms with Crippen molar-refractivity contribution in [1.82, 2.24) is 9.55 Å². The maximum atomic E-state index is 15.6. The average molecular weight is 482 g/mol. The monoisotopic (exact) mass is 482 g/mol. The van der Waals surface area contributed by atoms with Crippen molar-refractivity contribution in [1.29, 1.82) is 0 Å². The summed E-state index contributed by atoms with van der Waals surface area (Å²) in [5.74, 6) is -2.11. The maximum absolute atomic E-state index is 15.6. The molecule has 0 radical (unpaired) electrons. The van der Waals surface area contributed by atoms with Crippen molar-refractivity contribution in [3.63, 3.8) is 0 Å². The highest BCUT2D eigenvalue weighted by atomic mass is 19.1. The second kappa shape index (κ2) is 10.5. The van der Waals surface area contributed by atoms with E-state index in [1.165, 1.54) is 12.1 Å². The van der Waals surface area contributed by atoms with Crippen molar-refractivity contribution in [2.45, 2.75) is 24.6 Å². The van der Waals surface area contributed by atoms with Gasteiger partial charge in [-0.25, -0.2) is 19.0 Å². The fraction of sp³-hybridized carbons (Fsp3) is 0.250. The van der Waals surface area contributed by atoms with Gasteiger partial charge in [-0.3, -0.25) is 9.36 Å². The van der Waals surface area contributed by atoms with Crippen molar-refractivity contribution >= 4 is 23.5 Å². The molecule has 2 heterocycles. The zero-order valence-corrected chi connectivity index (χ0v) is 18.5. The zero-order valence-electron chi connectivity index (χ0n) is 18.5. The van der Waals surface area contributed by atoms with E-state index in [9.17, 15) is 14.4 Å². The molecular weight excluding hydrogens is 459 g/mol. The number of imidazole rings is 1. The minimum absolute atomic E-state index is 0.125. The van der Waals surface area contributed by atoms with Gasteiger partial charge in [-0.2, -0.15) is 0 Å². The second-order valence-corrected chi connectivity index (χ2v) is 7.72. The number of benzene rings is 2. The predicted octanol–water partition coefficient (Wildman–Crippen LogP) is 1.92. The number of alkyl halides is 1. The van der Waals surface area contributed by atoms with Crippen LogP contribution in [0.2, 0.25) is 0 Å². The van der Waals surface area contributed by atoms with Gasteiger partial charge in [0.1, 0.15) is 24.2 Å². The molecule has 4 rings (SSSR count). The molecule has 4 atom stereocenters. The van der Waals surface area contributed by atoms with Crippen molar-refractivity contribution < 1.29 is 33.0 Å². The number of ether oxygens (including phenoxy) is 3. The molecule has 1 fully saturated rings. The summed E-state index contributed by atoms with van der Waals surface area (Å²) in [6, 6.07) is 16.2. The van der Waals surface area contributed by atoms with Gasteiger partial charge in [0, 0.05) is 0 Å². The maximum Gasteiger partial charge on any atom is 0.338 e. The number of ketones is 1. The molecule has 0 unspecified atom stereocenters. The Bertz CT molecular complexity index is 1200. The summed E-state index contributed by atoms with van der Waals surface area (Å²) in [7, 11) is 0. The number of halogens is 1. The first-order chi connectivity index (χ1) is 16.9.